The monoisotopic (exact) mass is 252 g/mol. The summed E-state index contributed by atoms with van der Waals surface area (Å²) in [4.78, 5) is 22.9. The molecule has 1 aliphatic carbocycles. The average molecular weight is 252 g/mol. The lowest BCUT2D eigenvalue weighted by Crippen LogP contribution is -2.38. The topological polar surface area (TPSA) is 72.3 Å². The van der Waals surface area contributed by atoms with Gasteiger partial charge in [0.2, 0.25) is 11.8 Å². The zero-order valence-corrected chi connectivity index (χ0v) is 10.8. The van der Waals surface area contributed by atoms with Gasteiger partial charge >= 0.3 is 0 Å². The summed E-state index contributed by atoms with van der Waals surface area (Å²) >= 11 is 0. The number of nitrogens with one attached hydrogen (secondary N) is 2. The quantitative estimate of drug-likeness (QED) is 0.707. The van der Waals surface area contributed by atoms with Crippen LogP contribution in [0.25, 0.3) is 0 Å². The van der Waals surface area contributed by atoms with Crippen LogP contribution in [0.2, 0.25) is 0 Å². The van der Waals surface area contributed by atoms with Gasteiger partial charge in [0.25, 0.3) is 0 Å². The molecule has 1 unspecified atom stereocenters. The van der Waals surface area contributed by atoms with Crippen molar-refractivity contribution in [1.29, 1.82) is 0 Å². The number of carbonyl (C=O) groups excluding carboxylic acids is 2. The summed E-state index contributed by atoms with van der Waals surface area (Å²) in [5, 5.41) is 9.87. The van der Waals surface area contributed by atoms with Gasteiger partial charge in [0.15, 0.2) is 0 Å². The third-order valence-electron chi connectivity index (χ3n) is 3.48. The smallest absolute Gasteiger partial charge is 0.239 e. The number of piperidine rings is 1. The summed E-state index contributed by atoms with van der Waals surface area (Å²) in [6.07, 6.45) is 5.88. The van der Waals surface area contributed by atoms with Gasteiger partial charge < -0.3 is 10.6 Å². The van der Waals surface area contributed by atoms with Crippen molar-refractivity contribution in [3.8, 4) is 0 Å². The Morgan fingerprint density at radius 2 is 2.00 bits per heavy atom. The van der Waals surface area contributed by atoms with Crippen molar-refractivity contribution >= 4 is 11.8 Å². The Bertz CT molecular complexity index is 297. The van der Waals surface area contributed by atoms with Gasteiger partial charge in [-0.3, -0.25) is 9.59 Å². The van der Waals surface area contributed by atoms with Crippen LogP contribution in [-0.4, -0.2) is 37.5 Å². The predicted molar refractivity (Wildman–Crippen MR) is 68.0 cm³/mol. The van der Waals surface area contributed by atoms with Crippen LogP contribution in [-0.2, 0) is 9.59 Å². The van der Waals surface area contributed by atoms with E-state index in [1.165, 1.54) is 6.42 Å². The minimum absolute atomic E-state index is 0.0217. The second kappa shape index (κ2) is 6.73. The molecule has 1 heterocycles. The molecule has 101 valence electrons. The molecule has 0 spiro atoms. The zero-order valence-electron chi connectivity index (χ0n) is 10.8. The van der Waals surface area contributed by atoms with Crippen molar-refractivity contribution in [2.45, 2.75) is 44.6 Å². The molecule has 2 amide bonds. The number of hydrogen-bond donors (Lipinski definition) is 2. The molecule has 0 aromatic carbocycles. The van der Waals surface area contributed by atoms with E-state index >= 15 is 0 Å². The molecule has 5 heteroatoms. The highest BCUT2D eigenvalue weighted by Crippen LogP contribution is 2.18. The van der Waals surface area contributed by atoms with Crippen molar-refractivity contribution in [3.05, 3.63) is 0 Å². The summed E-state index contributed by atoms with van der Waals surface area (Å²) in [6.45, 7) is 1.99. The number of amides is 2. The number of nitrogens with zero attached hydrogens (tertiary/aromatic N) is 1. The Balaban J connectivity index is 1.52. The molecule has 5 nitrogen and oxygen atoms in total. The Kier molecular flexibility index (Phi) is 4.99. The Labute approximate surface area is 108 Å². The van der Waals surface area contributed by atoms with Crippen molar-refractivity contribution < 1.29 is 9.59 Å². The van der Waals surface area contributed by atoms with E-state index in [0.717, 1.165) is 38.8 Å². The van der Waals surface area contributed by atoms with E-state index in [1.54, 1.807) is 0 Å². The van der Waals surface area contributed by atoms with Crippen LogP contribution in [0.15, 0.2) is 0 Å². The zero-order chi connectivity index (χ0) is 12.8. The molecule has 0 aromatic heterocycles. The molecule has 1 aliphatic heterocycles. The van der Waals surface area contributed by atoms with Gasteiger partial charge in [0.05, 0.1) is 6.54 Å². The first-order valence-corrected chi connectivity index (χ1v) is 6.93. The van der Waals surface area contributed by atoms with E-state index < -0.39 is 0 Å². The Morgan fingerprint density at radius 1 is 1.17 bits per heavy atom. The second-order valence-corrected chi connectivity index (χ2v) is 5.30. The average Bonchev–Trinajstić information content (AvgIpc) is 3.19. The first-order valence-electron chi connectivity index (χ1n) is 6.93. The normalized spacial score (nSPS) is 23.4. The molecule has 1 atom stereocenters. The third-order valence-corrected chi connectivity index (χ3v) is 3.48. The predicted octanol–water partition coefficient (Wildman–Crippen LogP) is 0.176. The van der Waals surface area contributed by atoms with E-state index in [2.05, 4.69) is 16.0 Å². The highest BCUT2D eigenvalue weighted by molar-refractivity contribution is 5.84. The molecule has 2 fully saturated rings. The van der Waals surface area contributed by atoms with Gasteiger partial charge in [0.1, 0.15) is 0 Å². The molecular formula is C13H22N3O2. The highest BCUT2D eigenvalue weighted by Gasteiger charge is 2.23. The van der Waals surface area contributed by atoms with Crippen LogP contribution in [0.3, 0.4) is 0 Å². The third kappa shape index (κ3) is 5.04. The molecule has 1 saturated heterocycles. The van der Waals surface area contributed by atoms with Gasteiger partial charge in [-0.2, -0.15) is 0 Å². The van der Waals surface area contributed by atoms with Crippen molar-refractivity contribution in [1.82, 2.24) is 16.0 Å². The first-order chi connectivity index (χ1) is 8.74. The molecule has 2 N–H and O–H groups in total. The maximum Gasteiger partial charge on any atom is 0.239 e. The minimum Gasteiger partial charge on any atom is -0.352 e. The Morgan fingerprint density at radius 3 is 2.67 bits per heavy atom. The van der Waals surface area contributed by atoms with E-state index in [0.29, 0.717) is 18.4 Å². The Hall–Kier alpha value is -1.10. The lowest BCUT2D eigenvalue weighted by molar-refractivity contribution is -0.126. The number of rotatable bonds is 6. The van der Waals surface area contributed by atoms with Gasteiger partial charge in [-0.15, -0.1) is 0 Å². The summed E-state index contributed by atoms with van der Waals surface area (Å²) in [5.41, 5.74) is 0. The fraction of sp³-hybridized carbons (Fsp3) is 0.846. The van der Waals surface area contributed by atoms with E-state index in [1.807, 2.05) is 0 Å². The van der Waals surface area contributed by atoms with E-state index in [-0.39, 0.29) is 18.4 Å². The van der Waals surface area contributed by atoms with Gasteiger partial charge in [-0.05, 0) is 38.0 Å². The maximum absolute atomic E-state index is 11.6. The van der Waals surface area contributed by atoms with Crippen LogP contribution < -0.4 is 16.0 Å². The van der Waals surface area contributed by atoms with Crippen molar-refractivity contribution in [2.24, 2.45) is 5.92 Å². The maximum atomic E-state index is 11.6. The molecule has 18 heavy (non-hydrogen) atoms. The molecule has 1 saturated carbocycles. The van der Waals surface area contributed by atoms with Crippen molar-refractivity contribution in [3.63, 3.8) is 0 Å². The van der Waals surface area contributed by atoms with Crippen LogP contribution in [0, 0.1) is 5.92 Å². The van der Waals surface area contributed by atoms with Crippen LogP contribution in [0.5, 0.6) is 0 Å². The largest absolute Gasteiger partial charge is 0.352 e. The SMILES string of the molecule is O=C(CCC1CCC[N]C1)NCC(=O)NC1CC1. The highest BCUT2D eigenvalue weighted by atomic mass is 16.2. The standard InChI is InChI=1S/C13H22N3O2/c17-12(6-3-10-2-1-7-14-8-10)15-9-13(18)16-11-4-5-11/h10-11H,1-9H2,(H,15,17)(H,16,18). The van der Waals surface area contributed by atoms with E-state index in [9.17, 15) is 9.59 Å². The lowest BCUT2D eigenvalue weighted by Gasteiger charge is -2.20. The fourth-order valence-corrected chi connectivity index (χ4v) is 2.20. The van der Waals surface area contributed by atoms with Crippen molar-refractivity contribution in [2.75, 3.05) is 19.6 Å². The lowest BCUT2D eigenvalue weighted by atomic mass is 9.94. The second-order valence-electron chi connectivity index (χ2n) is 5.30. The molecule has 1 radical (unpaired) electrons. The first kappa shape index (κ1) is 13.3. The van der Waals surface area contributed by atoms with Gasteiger partial charge in [-0.25, -0.2) is 5.32 Å². The summed E-state index contributed by atoms with van der Waals surface area (Å²) < 4.78 is 0. The molecule has 2 rings (SSSR count). The minimum atomic E-state index is -0.0708. The molecule has 0 bridgehead atoms. The van der Waals surface area contributed by atoms with Gasteiger partial charge in [0, 0.05) is 25.6 Å². The van der Waals surface area contributed by atoms with Gasteiger partial charge in [-0.1, -0.05) is 0 Å². The number of carbonyl (C=O) groups is 2. The fourth-order valence-electron chi connectivity index (χ4n) is 2.20. The van der Waals surface area contributed by atoms with Crippen LogP contribution in [0.4, 0.5) is 0 Å². The molecular weight excluding hydrogens is 230 g/mol. The molecule has 2 aliphatic rings. The summed E-state index contributed by atoms with van der Waals surface area (Å²) in [6, 6.07) is 0.359. The molecule has 0 aromatic rings. The van der Waals surface area contributed by atoms with Crippen LogP contribution >= 0.6 is 0 Å². The van der Waals surface area contributed by atoms with Crippen LogP contribution in [0.1, 0.15) is 38.5 Å². The number of hydrogen-bond acceptors (Lipinski definition) is 2. The summed E-state index contributed by atoms with van der Waals surface area (Å²) in [7, 11) is 0. The summed E-state index contributed by atoms with van der Waals surface area (Å²) in [5.74, 6) is 0.467. The van der Waals surface area contributed by atoms with E-state index in [4.69, 9.17) is 0 Å².